The van der Waals surface area contributed by atoms with E-state index in [1.807, 2.05) is 31.2 Å². The number of nitrogens with one attached hydrogen (secondary N) is 2. The molecule has 0 unspecified atom stereocenters. The average Bonchev–Trinajstić information content (AvgIpc) is 2.59. The molecule has 0 saturated heterocycles. The molecule has 7 heteroatoms. The van der Waals surface area contributed by atoms with Gasteiger partial charge in [0, 0.05) is 13.6 Å². The van der Waals surface area contributed by atoms with Crippen LogP contribution >= 0.6 is 0 Å². The fourth-order valence-corrected chi connectivity index (χ4v) is 2.92. The summed E-state index contributed by atoms with van der Waals surface area (Å²) in [6.07, 6.45) is 0. The van der Waals surface area contributed by atoms with Crippen LogP contribution in [0.1, 0.15) is 11.1 Å². The number of amides is 1. The van der Waals surface area contributed by atoms with E-state index in [0.717, 1.165) is 11.1 Å². The molecule has 6 nitrogen and oxygen atoms in total. The zero-order valence-electron chi connectivity index (χ0n) is 13.6. The standard InChI is InChI=1S/C17H20N2O4S/c1-13-3-5-14(6-4-13)11-19-24(21,22)16-9-7-15(8-10-16)23-12-17(20)18-2/h3-10,19H,11-12H2,1-2H3,(H,18,20). The first-order chi connectivity index (χ1) is 11.4. The van der Waals surface area contributed by atoms with Crippen LogP contribution in [0.3, 0.4) is 0 Å². The molecule has 2 rings (SSSR count). The lowest BCUT2D eigenvalue weighted by molar-refractivity contribution is -0.122. The molecule has 0 aromatic heterocycles. The summed E-state index contributed by atoms with van der Waals surface area (Å²) >= 11 is 0. The number of aryl methyl sites for hydroxylation is 1. The number of rotatable bonds is 7. The highest BCUT2D eigenvalue weighted by Crippen LogP contribution is 2.16. The molecule has 2 aromatic rings. The van der Waals surface area contributed by atoms with E-state index >= 15 is 0 Å². The molecule has 2 aromatic carbocycles. The Hall–Kier alpha value is -2.38. The minimum Gasteiger partial charge on any atom is -0.484 e. The normalized spacial score (nSPS) is 11.1. The number of hydrogen-bond donors (Lipinski definition) is 2. The second kappa shape index (κ2) is 7.94. The first-order valence-electron chi connectivity index (χ1n) is 7.39. The Morgan fingerprint density at radius 2 is 1.67 bits per heavy atom. The highest BCUT2D eigenvalue weighted by atomic mass is 32.2. The predicted octanol–water partition coefficient (Wildman–Crippen LogP) is 1.60. The number of likely N-dealkylation sites (N-methyl/N-ethyl adjacent to an activating group) is 1. The summed E-state index contributed by atoms with van der Waals surface area (Å²) < 4.78 is 32.4. The molecule has 0 heterocycles. The fraction of sp³-hybridized carbons (Fsp3) is 0.235. The molecule has 0 bridgehead atoms. The summed E-state index contributed by atoms with van der Waals surface area (Å²) in [5, 5.41) is 2.44. The van der Waals surface area contributed by atoms with E-state index in [4.69, 9.17) is 4.74 Å². The molecule has 0 aliphatic heterocycles. The highest BCUT2D eigenvalue weighted by molar-refractivity contribution is 7.89. The smallest absolute Gasteiger partial charge is 0.257 e. The van der Waals surface area contributed by atoms with Crippen molar-refractivity contribution in [3.8, 4) is 5.75 Å². The van der Waals surface area contributed by atoms with Crippen molar-refractivity contribution in [1.29, 1.82) is 0 Å². The Kier molecular flexibility index (Phi) is 5.94. The van der Waals surface area contributed by atoms with E-state index in [1.54, 1.807) is 0 Å². The number of sulfonamides is 1. The summed E-state index contributed by atoms with van der Waals surface area (Å²) in [5.74, 6) is 0.169. The van der Waals surface area contributed by atoms with Crippen LogP contribution in [0.2, 0.25) is 0 Å². The van der Waals surface area contributed by atoms with E-state index in [1.165, 1.54) is 31.3 Å². The van der Waals surface area contributed by atoms with Gasteiger partial charge >= 0.3 is 0 Å². The molecule has 128 valence electrons. The number of carbonyl (C=O) groups excluding carboxylic acids is 1. The van der Waals surface area contributed by atoms with Gasteiger partial charge in [-0.3, -0.25) is 4.79 Å². The predicted molar refractivity (Wildman–Crippen MR) is 91.2 cm³/mol. The molecule has 0 spiro atoms. The van der Waals surface area contributed by atoms with Crippen molar-refractivity contribution in [2.45, 2.75) is 18.4 Å². The Morgan fingerprint density at radius 1 is 1.04 bits per heavy atom. The van der Waals surface area contributed by atoms with E-state index in [0.29, 0.717) is 5.75 Å². The molecule has 0 fully saturated rings. The number of benzene rings is 2. The quantitative estimate of drug-likeness (QED) is 0.796. The molecule has 0 saturated carbocycles. The first-order valence-corrected chi connectivity index (χ1v) is 8.88. The van der Waals surface area contributed by atoms with E-state index in [9.17, 15) is 13.2 Å². The van der Waals surface area contributed by atoms with Gasteiger partial charge in [-0.25, -0.2) is 13.1 Å². The van der Waals surface area contributed by atoms with Crippen LogP contribution in [-0.2, 0) is 21.4 Å². The fourth-order valence-electron chi connectivity index (χ4n) is 1.90. The maximum atomic E-state index is 12.3. The molecule has 0 aliphatic rings. The van der Waals surface area contributed by atoms with Crippen LogP contribution in [0.15, 0.2) is 53.4 Å². The molecular weight excluding hydrogens is 328 g/mol. The van der Waals surface area contributed by atoms with Crippen molar-refractivity contribution in [3.63, 3.8) is 0 Å². The van der Waals surface area contributed by atoms with Gasteiger partial charge in [0.05, 0.1) is 4.90 Å². The molecule has 0 atom stereocenters. The average molecular weight is 348 g/mol. The minimum absolute atomic E-state index is 0.117. The third-order valence-corrected chi connectivity index (χ3v) is 4.79. The van der Waals surface area contributed by atoms with Gasteiger partial charge in [0.1, 0.15) is 5.75 Å². The van der Waals surface area contributed by atoms with Gasteiger partial charge in [0.25, 0.3) is 5.91 Å². The Balaban J connectivity index is 1.98. The van der Waals surface area contributed by atoms with E-state index < -0.39 is 10.0 Å². The van der Waals surface area contributed by atoms with Crippen molar-refractivity contribution in [2.75, 3.05) is 13.7 Å². The van der Waals surface area contributed by atoms with Gasteiger partial charge in [-0.05, 0) is 36.8 Å². The van der Waals surface area contributed by atoms with E-state index in [2.05, 4.69) is 10.0 Å². The van der Waals surface area contributed by atoms with Crippen molar-refractivity contribution in [3.05, 3.63) is 59.7 Å². The Morgan fingerprint density at radius 3 is 2.25 bits per heavy atom. The summed E-state index contributed by atoms with van der Waals surface area (Å²) in [6.45, 7) is 2.08. The molecule has 0 aliphatic carbocycles. The van der Waals surface area contributed by atoms with Crippen LogP contribution in [0.5, 0.6) is 5.75 Å². The summed E-state index contributed by atoms with van der Waals surface area (Å²) in [6, 6.07) is 13.5. The number of carbonyl (C=O) groups is 1. The van der Waals surface area contributed by atoms with Crippen molar-refractivity contribution in [2.24, 2.45) is 0 Å². The third-order valence-electron chi connectivity index (χ3n) is 3.37. The van der Waals surface area contributed by atoms with Crippen LogP contribution in [0, 0.1) is 6.92 Å². The van der Waals surface area contributed by atoms with Gasteiger partial charge in [-0.2, -0.15) is 0 Å². The SMILES string of the molecule is CNC(=O)COc1ccc(S(=O)(=O)NCc2ccc(C)cc2)cc1. The zero-order chi connectivity index (χ0) is 17.6. The molecule has 2 N–H and O–H groups in total. The third kappa shape index (κ3) is 5.07. The van der Waals surface area contributed by atoms with Gasteiger partial charge in [0.2, 0.25) is 10.0 Å². The van der Waals surface area contributed by atoms with Crippen LogP contribution in [0.25, 0.3) is 0 Å². The summed E-state index contributed by atoms with van der Waals surface area (Å²) in [5.41, 5.74) is 2.00. The molecule has 1 amide bonds. The van der Waals surface area contributed by atoms with Gasteiger partial charge in [-0.15, -0.1) is 0 Å². The monoisotopic (exact) mass is 348 g/mol. The number of hydrogen-bond acceptors (Lipinski definition) is 4. The lowest BCUT2D eigenvalue weighted by Crippen LogP contribution is -2.25. The zero-order valence-corrected chi connectivity index (χ0v) is 14.4. The summed E-state index contributed by atoms with van der Waals surface area (Å²) in [7, 11) is -2.09. The van der Waals surface area contributed by atoms with Gasteiger partial charge in [-0.1, -0.05) is 29.8 Å². The van der Waals surface area contributed by atoms with Crippen molar-refractivity contribution < 1.29 is 17.9 Å². The van der Waals surface area contributed by atoms with Crippen LogP contribution in [0.4, 0.5) is 0 Å². The molecule has 0 radical (unpaired) electrons. The Bertz CT molecular complexity index is 784. The second-order valence-electron chi connectivity index (χ2n) is 5.24. The highest BCUT2D eigenvalue weighted by Gasteiger charge is 2.13. The first kappa shape index (κ1) is 18.0. The largest absolute Gasteiger partial charge is 0.484 e. The van der Waals surface area contributed by atoms with Crippen molar-refractivity contribution in [1.82, 2.24) is 10.0 Å². The number of ether oxygens (including phenoxy) is 1. The second-order valence-corrected chi connectivity index (χ2v) is 7.01. The van der Waals surface area contributed by atoms with Crippen molar-refractivity contribution >= 4 is 15.9 Å². The maximum absolute atomic E-state index is 12.3. The van der Waals surface area contributed by atoms with Gasteiger partial charge < -0.3 is 10.1 Å². The molecular formula is C17H20N2O4S. The minimum atomic E-state index is -3.61. The maximum Gasteiger partial charge on any atom is 0.257 e. The lowest BCUT2D eigenvalue weighted by Gasteiger charge is -2.09. The topological polar surface area (TPSA) is 84.5 Å². The van der Waals surface area contributed by atoms with E-state index in [-0.39, 0.29) is 24.0 Å². The molecule has 24 heavy (non-hydrogen) atoms. The van der Waals surface area contributed by atoms with Gasteiger partial charge in [0.15, 0.2) is 6.61 Å². The summed E-state index contributed by atoms with van der Waals surface area (Å²) in [4.78, 5) is 11.3. The van der Waals surface area contributed by atoms with Crippen LogP contribution < -0.4 is 14.8 Å². The van der Waals surface area contributed by atoms with Crippen LogP contribution in [-0.4, -0.2) is 28.0 Å². The Labute approximate surface area is 141 Å². The lowest BCUT2D eigenvalue weighted by atomic mass is 10.2.